The molecule has 14 fully saturated rings. The number of rotatable bonds is 16. The number of esters is 8. The second-order valence-corrected chi connectivity index (χ2v) is 31.6. The summed E-state index contributed by atoms with van der Waals surface area (Å²) in [6.45, 7) is 30.6. The monoisotopic (exact) mass is 1250 g/mol. The minimum atomic E-state index is -0.647. The summed E-state index contributed by atoms with van der Waals surface area (Å²) in [4.78, 5) is 124. The van der Waals surface area contributed by atoms with Crippen molar-refractivity contribution in [2.45, 2.75) is 246 Å². The average Bonchev–Trinajstić information content (AvgIpc) is 1.57. The highest BCUT2D eigenvalue weighted by Gasteiger charge is 2.73. The number of nitrogens with one attached hydrogen (secondary N) is 1. The van der Waals surface area contributed by atoms with Crippen LogP contribution in [-0.2, 0) is 85.8 Å². The molecule has 8 bridgehead atoms. The van der Waals surface area contributed by atoms with Gasteiger partial charge in [-0.2, -0.15) is 0 Å². The van der Waals surface area contributed by atoms with Crippen molar-refractivity contribution in [3.63, 3.8) is 0 Å². The Morgan fingerprint density at radius 2 is 0.989 bits per heavy atom. The summed E-state index contributed by atoms with van der Waals surface area (Å²) in [5, 5.41) is 3.01. The van der Waals surface area contributed by atoms with Crippen LogP contribution in [0, 0.1) is 111 Å². The van der Waals surface area contributed by atoms with Gasteiger partial charge in [-0.05, 0) is 180 Å². The van der Waals surface area contributed by atoms with Crippen molar-refractivity contribution in [3.05, 3.63) is 24.3 Å². The molecule has 3 aliphatic heterocycles. The molecule has 3 heterocycles. The van der Waals surface area contributed by atoms with Gasteiger partial charge in [-0.25, -0.2) is 9.59 Å². The van der Waals surface area contributed by atoms with Crippen LogP contribution in [-0.4, -0.2) is 113 Å². The number of Topliss-reactive ketones (excluding diaryl/α,β-unsaturated/α-hetero) is 1. The number of ketones is 1. The molecule has 90 heavy (non-hydrogen) atoms. The Morgan fingerprint density at radius 1 is 0.533 bits per heavy atom. The zero-order chi connectivity index (χ0) is 65.2. The van der Waals surface area contributed by atoms with Crippen molar-refractivity contribution in [2.75, 3.05) is 0 Å². The first-order valence-corrected chi connectivity index (χ1v) is 34.2. The van der Waals surface area contributed by atoms with Crippen LogP contribution in [0.2, 0.25) is 0 Å². The summed E-state index contributed by atoms with van der Waals surface area (Å²) in [5.74, 6) is -3.09. The molecule has 1 amide bonds. The van der Waals surface area contributed by atoms with Crippen LogP contribution in [0.25, 0.3) is 0 Å². The molecule has 14 aliphatic rings. The van der Waals surface area contributed by atoms with Gasteiger partial charge >= 0.3 is 47.8 Å². The molecule has 22 atom stereocenters. The largest absolute Gasteiger partial charge is 0.462 e. The van der Waals surface area contributed by atoms with Crippen molar-refractivity contribution < 1.29 is 85.8 Å². The predicted octanol–water partition coefficient (Wildman–Crippen LogP) is 9.66. The van der Waals surface area contributed by atoms with Gasteiger partial charge < -0.3 is 43.2 Å². The molecule has 496 valence electrons. The van der Waals surface area contributed by atoms with Gasteiger partial charge in [0.05, 0.1) is 40.5 Å². The standard InChI is InChI=1S/C23H29NO7.C22H24O7.C14H26O2.C12H20O2/c1-4-23(2,3)22(28)31-18-12-7-11-13(21(27)30-17(11)18)14(12)20(26)29-16-8-5-9-10(6-8)19(25)24-15(9)16;1-7(2)20(24)28-18-12-5-13-16(22(26)29-19(13)18)15(12)21(25)27-17-8-3-9-10(4-8)14(23)6-11(9)17;1-6-13(4,5)12(15)16-14(11(2)3)9-7-8-10-14;1-9(2)11(13)14-12(10(3)4)7-5-6-8-12/h8-18H,4-7H2,1-3H3,(H,24,25);8-13,15-19H,1,3-6H2,2H3;11H,6-10H2,1-5H3;10H,1,5-8H2,2-4H3. The molecule has 22 unspecified atom stereocenters. The highest BCUT2D eigenvalue weighted by molar-refractivity contribution is 5.90. The summed E-state index contributed by atoms with van der Waals surface area (Å²) < 4.78 is 46.0. The molecule has 19 nitrogen and oxygen atoms in total. The van der Waals surface area contributed by atoms with Gasteiger partial charge in [0.25, 0.3) is 0 Å². The van der Waals surface area contributed by atoms with Gasteiger partial charge in [-0.15, -0.1) is 0 Å². The highest BCUT2D eigenvalue weighted by atomic mass is 16.6. The Balaban J connectivity index is 0.000000131. The predicted molar refractivity (Wildman–Crippen MR) is 323 cm³/mol. The number of amides is 1. The highest BCUT2D eigenvalue weighted by Crippen LogP contribution is 2.63. The van der Waals surface area contributed by atoms with Crippen molar-refractivity contribution in [1.29, 1.82) is 0 Å². The Morgan fingerprint density at radius 3 is 1.49 bits per heavy atom. The zero-order valence-corrected chi connectivity index (χ0v) is 55.1. The van der Waals surface area contributed by atoms with E-state index in [4.69, 9.17) is 37.9 Å². The third-order valence-corrected chi connectivity index (χ3v) is 25.3. The first-order chi connectivity index (χ1) is 42.4. The SMILES string of the molecule is C=C(C)C(=O)OC1(C(C)C)CCCC1.C=C(C)C(=O)OC1C2CC3C1OC(=O)C3C2C(=O)OC1C2CC3C(=O)CC1C3C2.CCC(C)(C)C(=O)OC1(C(C)C)CCCC1.CCC(C)(C)C(=O)OC1C2CC3C1OC(=O)C3C2C(=O)OC1C2CC3C(=O)NC1C3C2. The van der Waals surface area contributed by atoms with Gasteiger partial charge in [-0.3, -0.25) is 38.4 Å². The zero-order valence-electron chi connectivity index (χ0n) is 55.1. The van der Waals surface area contributed by atoms with E-state index in [2.05, 4.69) is 46.2 Å². The number of carbonyl (C=O) groups is 10. The molecule has 14 rings (SSSR count). The van der Waals surface area contributed by atoms with Crippen LogP contribution in [0.1, 0.15) is 192 Å². The maximum absolute atomic E-state index is 13.4. The van der Waals surface area contributed by atoms with Crippen molar-refractivity contribution in [3.8, 4) is 0 Å². The molecule has 0 radical (unpaired) electrons. The summed E-state index contributed by atoms with van der Waals surface area (Å²) in [7, 11) is 0. The van der Waals surface area contributed by atoms with Gasteiger partial charge in [0.15, 0.2) is 0 Å². The lowest BCUT2D eigenvalue weighted by molar-refractivity contribution is -0.175. The summed E-state index contributed by atoms with van der Waals surface area (Å²) in [6, 6.07) is -0.110. The van der Waals surface area contributed by atoms with Gasteiger partial charge in [-0.1, -0.05) is 54.7 Å². The Labute approximate surface area is 530 Å². The maximum Gasteiger partial charge on any atom is 0.333 e. The Hall–Kier alpha value is -5.62. The third-order valence-electron chi connectivity index (χ3n) is 25.3. The normalized spacial score (nSPS) is 39.4. The van der Waals surface area contributed by atoms with E-state index >= 15 is 0 Å². The van der Waals surface area contributed by atoms with E-state index in [0.717, 1.165) is 57.8 Å². The third kappa shape index (κ3) is 11.2. The molecular weight excluding hydrogens is 1150 g/mol. The van der Waals surface area contributed by atoms with E-state index in [1.54, 1.807) is 13.8 Å². The number of carbonyl (C=O) groups excluding carboxylic acids is 10. The first kappa shape index (κ1) is 65.9. The minimum Gasteiger partial charge on any atom is -0.462 e. The van der Waals surface area contributed by atoms with Gasteiger partial charge in [0.2, 0.25) is 5.91 Å². The van der Waals surface area contributed by atoms with E-state index in [0.29, 0.717) is 54.8 Å². The fourth-order valence-corrected chi connectivity index (χ4v) is 19.2. The van der Waals surface area contributed by atoms with E-state index < -0.39 is 65.4 Å². The summed E-state index contributed by atoms with van der Waals surface area (Å²) in [5.41, 5.74) is -0.600. The topological polar surface area (TPSA) is 257 Å². The summed E-state index contributed by atoms with van der Waals surface area (Å²) >= 11 is 0. The molecule has 1 N–H and O–H groups in total. The van der Waals surface area contributed by atoms with Crippen LogP contribution < -0.4 is 5.32 Å². The van der Waals surface area contributed by atoms with E-state index in [-0.39, 0.29) is 141 Å². The Bertz CT molecular complexity index is 2950. The molecule has 3 saturated heterocycles. The molecule has 0 aromatic rings. The quantitative estimate of drug-likeness (QED) is 0.0857. The number of hydrogen-bond acceptors (Lipinski definition) is 18. The lowest BCUT2D eigenvalue weighted by Crippen LogP contribution is -2.47. The van der Waals surface area contributed by atoms with Crippen LogP contribution in [0.4, 0.5) is 0 Å². The van der Waals surface area contributed by atoms with Crippen LogP contribution in [0.3, 0.4) is 0 Å². The number of fused-ring (bicyclic) bond motifs is 4. The van der Waals surface area contributed by atoms with Crippen LogP contribution in [0.15, 0.2) is 24.3 Å². The molecule has 11 saturated carbocycles. The molecule has 19 heteroatoms. The van der Waals surface area contributed by atoms with Crippen molar-refractivity contribution >= 4 is 59.4 Å². The minimum absolute atomic E-state index is 0.0226. The second-order valence-electron chi connectivity index (χ2n) is 31.6. The smallest absolute Gasteiger partial charge is 0.333 e. The molecule has 0 aromatic carbocycles. The lowest BCUT2D eigenvalue weighted by atomic mass is 9.78. The second kappa shape index (κ2) is 24.4. The van der Waals surface area contributed by atoms with E-state index in [9.17, 15) is 47.9 Å². The van der Waals surface area contributed by atoms with Gasteiger partial charge in [0, 0.05) is 59.0 Å². The van der Waals surface area contributed by atoms with E-state index in [1.807, 2.05) is 41.5 Å². The average molecular weight is 1250 g/mol. The fourth-order valence-electron chi connectivity index (χ4n) is 19.2. The maximum atomic E-state index is 13.4. The molecule has 0 spiro atoms. The fraction of sp³-hybridized carbons (Fsp3) is 0.803. The van der Waals surface area contributed by atoms with Crippen LogP contribution >= 0.6 is 0 Å². The number of hydrogen-bond donors (Lipinski definition) is 1. The lowest BCUT2D eigenvalue weighted by Gasteiger charge is -2.36. The molecule has 11 aliphatic carbocycles. The van der Waals surface area contributed by atoms with Crippen LogP contribution in [0.5, 0.6) is 0 Å². The van der Waals surface area contributed by atoms with Gasteiger partial charge in [0.1, 0.15) is 53.6 Å². The molecular formula is C71H99NO18. The molecule has 0 aromatic heterocycles. The Kier molecular flexibility index (Phi) is 17.8. The van der Waals surface area contributed by atoms with Crippen molar-refractivity contribution in [2.24, 2.45) is 111 Å². The number of ether oxygens (including phenoxy) is 8. The summed E-state index contributed by atoms with van der Waals surface area (Å²) in [6.07, 6.45) is 12.8. The van der Waals surface area contributed by atoms with Crippen molar-refractivity contribution in [1.82, 2.24) is 5.32 Å². The first-order valence-electron chi connectivity index (χ1n) is 34.2. The van der Waals surface area contributed by atoms with E-state index in [1.165, 1.54) is 25.7 Å².